The molecule has 1 N–H and O–H groups in total. The van der Waals surface area contributed by atoms with Gasteiger partial charge in [0, 0.05) is 18.4 Å². The van der Waals surface area contributed by atoms with Gasteiger partial charge in [-0.05, 0) is 38.1 Å². The average molecular weight is 349 g/mol. The van der Waals surface area contributed by atoms with Crippen LogP contribution in [0, 0.1) is 0 Å². The normalized spacial score (nSPS) is 17.6. The van der Waals surface area contributed by atoms with E-state index in [4.69, 9.17) is 25.8 Å². The van der Waals surface area contributed by atoms with Crippen LogP contribution in [0.3, 0.4) is 0 Å². The number of morpholine rings is 1. The second kappa shape index (κ2) is 9.82. The van der Waals surface area contributed by atoms with Crippen LogP contribution in [0.1, 0.15) is 13.8 Å². The largest absolute Gasteiger partial charge is 0.497 e. The Kier molecular flexibility index (Phi) is 8.86. The number of nitrogens with one attached hydrogen (secondary N) is 1. The van der Waals surface area contributed by atoms with Gasteiger partial charge in [-0.3, -0.25) is 0 Å². The number of hydrogen-bond donors (Lipinski definition) is 2. The molecule has 1 heterocycles. The third-order valence-corrected chi connectivity index (χ3v) is 6.12. The van der Waals surface area contributed by atoms with Crippen LogP contribution in [0.25, 0.3) is 0 Å². The minimum Gasteiger partial charge on any atom is -0.497 e. The summed E-state index contributed by atoms with van der Waals surface area (Å²) in [6.45, 7) is 7.75. The van der Waals surface area contributed by atoms with Crippen molar-refractivity contribution in [3.63, 3.8) is 0 Å². The van der Waals surface area contributed by atoms with Gasteiger partial charge in [0.1, 0.15) is 11.2 Å². The van der Waals surface area contributed by atoms with Gasteiger partial charge in [0.25, 0.3) is 0 Å². The van der Waals surface area contributed by atoms with Gasteiger partial charge in [-0.1, -0.05) is 11.8 Å². The van der Waals surface area contributed by atoms with Gasteiger partial charge >= 0.3 is 0 Å². The van der Waals surface area contributed by atoms with Crippen LogP contribution in [0.4, 0.5) is 0 Å². The molecule has 1 aromatic rings. The van der Waals surface area contributed by atoms with Gasteiger partial charge in [0.2, 0.25) is 0 Å². The number of hydrogen-bond acceptors (Lipinski definition) is 5. The summed E-state index contributed by atoms with van der Waals surface area (Å²) in [6.07, 6.45) is 0.0930. The number of thiol groups is 1. The molecule has 1 aromatic carbocycles. The predicted molar refractivity (Wildman–Crippen MR) is 95.8 cm³/mol. The zero-order chi connectivity index (χ0) is 15.7. The monoisotopic (exact) mass is 349 g/mol. The molecule has 0 bridgehead atoms. The number of benzene rings is 1. The van der Waals surface area contributed by atoms with E-state index in [1.54, 1.807) is 7.11 Å². The van der Waals surface area contributed by atoms with E-state index in [-0.39, 0.29) is 6.10 Å². The van der Waals surface area contributed by atoms with Crippen molar-refractivity contribution in [2.45, 2.75) is 20.0 Å². The van der Waals surface area contributed by atoms with Crippen LogP contribution in [0.15, 0.2) is 24.3 Å². The first kappa shape index (κ1) is 18.9. The van der Waals surface area contributed by atoms with Crippen LogP contribution >= 0.6 is 17.7 Å². The van der Waals surface area contributed by atoms with Crippen molar-refractivity contribution in [2.75, 3.05) is 33.4 Å². The maximum absolute atomic E-state index is 5.65. The Morgan fingerprint density at radius 2 is 1.81 bits per heavy atom. The molecule has 0 aliphatic carbocycles. The lowest BCUT2D eigenvalue weighted by Gasteiger charge is -2.19. The highest BCUT2D eigenvalue weighted by Gasteiger charge is 2.16. The minimum atomic E-state index is -2.16. The molecule has 120 valence electrons. The molecule has 1 saturated heterocycles. The fraction of sp³-hybridized carbons (Fsp3) is 0.571. The average Bonchev–Trinajstić information content (AvgIpc) is 2.48. The second-order valence-corrected chi connectivity index (χ2v) is 10.5. The Morgan fingerprint density at radius 3 is 2.14 bits per heavy atom. The molecule has 21 heavy (non-hydrogen) atoms. The molecule has 1 unspecified atom stereocenters. The smallest absolute Gasteiger partial charge is 0.145 e. The third-order valence-electron chi connectivity index (χ3n) is 2.60. The van der Waals surface area contributed by atoms with Crippen molar-refractivity contribution in [1.82, 2.24) is 5.32 Å². The Bertz CT molecular complexity index is 439. The number of ether oxygens (including phenoxy) is 2. The zero-order valence-corrected chi connectivity index (χ0v) is 15.3. The minimum absolute atomic E-state index is 0.0930. The molecule has 1 atom stereocenters. The van der Waals surface area contributed by atoms with E-state index in [2.05, 4.69) is 17.6 Å². The third kappa shape index (κ3) is 7.63. The summed E-state index contributed by atoms with van der Waals surface area (Å²) in [4.78, 5) is 0. The van der Waals surface area contributed by atoms with E-state index in [1.165, 1.54) is 0 Å². The SMILES string of the molecule is C1COCCN1.COc1ccc(P(=S)(S)OC(C)C)cc1. The van der Waals surface area contributed by atoms with E-state index in [0.717, 1.165) is 37.4 Å². The fourth-order valence-corrected chi connectivity index (χ4v) is 4.70. The van der Waals surface area contributed by atoms with Gasteiger partial charge < -0.3 is 19.3 Å². The van der Waals surface area contributed by atoms with Gasteiger partial charge in [0.05, 0.1) is 26.4 Å². The van der Waals surface area contributed by atoms with Crippen molar-refractivity contribution in [1.29, 1.82) is 0 Å². The Hall–Kier alpha value is -0.100. The quantitative estimate of drug-likeness (QED) is 0.646. The maximum atomic E-state index is 5.65. The first-order valence-corrected chi connectivity index (χ1v) is 10.8. The molecule has 0 amide bonds. The van der Waals surface area contributed by atoms with Crippen molar-refractivity contribution in [3.8, 4) is 5.75 Å². The molecule has 4 nitrogen and oxygen atoms in total. The summed E-state index contributed by atoms with van der Waals surface area (Å²) in [5, 5.41) is 4.11. The van der Waals surface area contributed by atoms with Crippen LogP contribution in [-0.4, -0.2) is 39.5 Å². The van der Waals surface area contributed by atoms with Gasteiger partial charge in [-0.2, -0.15) is 0 Å². The fourth-order valence-electron chi connectivity index (χ4n) is 1.63. The molecular weight excluding hydrogens is 325 g/mol. The molecule has 1 aliphatic heterocycles. The van der Waals surface area contributed by atoms with Crippen LogP contribution in [-0.2, 0) is 21.1 Å². The number of methoxy groups -OCH3 is 1. The summed E-state index contributed by atoms with van der Waals surface area (Å²) in [7, 11) is 1.64. The van der Waals surface area contributed by atoms with Crippen molar-refractivity contribution in [3.05, 3.63) is 24.3 Å². The first-order valence-electron chi connectivity index (χ1n) is 6.90. The summed E-state index contributed by atoms with van der Waals surface area (Å²) in [5.41, 5.74) is -2.16. The first-order chi connectivity index (χ1) is 9.95. The van der Waals surface area contributed by atoms with E-state index in [9.17, 15) is 0 Å². The van der Waals surface area contributed by atoms with Crippen LogP contribution in [0.2, 0.25) is 0 Å². The highest BCUT2D eigenvalue weighted by Crippen LogP contribution is 2.52. The lowest BCUT2D eigenvalue weighted by Crippen LogP contribution is -2.30. The lowest BCUT2D eigenvalue weighted by atomic mass is 10.3. The number of rotatable bonds is 4. The van der Waals surface area contributed by atoms with Crippen molar-refractivity contribution in [2.24, 2.45) is 0 Å². The van der Waals surface area contributed by atoms with E-state index < -0.39 is 5.47 Å². The zero-order valence-electron chi connectivity index (χ0n) is 12.7. The summed E-state index contributed by atoms with van der Waals surface area (Å²) in [5.74, 6) is 0.812. The van der Waals surface area contributed by atoms with Crippen molar-refractivity contribution < 1.29 is 14.0 Å². The molecule has 0 saturated carbocycles. The Morgan fingerprint density at radius 1 is 1.24 bits per heavy atom. The molecule has 0 radical (unpaired) electrons. The maximum Gasteiger partial charge on any atom is 0.145 e. The van der Waals surface area contributed by atoms with E-state index in [1.807, 2.05) is 38.1 Å². The molecule has 7 heteroatoms. The molecule has 0 aromatic heterocycles. The summed E-state index contributed by atoms with van der Waals surface area (Å²) in [6, 6.07) is 7.57. The lowest BCUT2D eigenvalue weighted by molar-refractivity contribution is 0.109. The Balaban J connectivity index is 0.000000304. The standard InChI is InChI=1S/C10H15O2PS2.C4H9NO/c1-8(2)12-13(14,15)10-6-4-9(11-3)5-7-10;1-3-6-4-2-5-1/h4-8H,1-3H3,(H,14,15);5H,1-4H2. The topological polar surface area (TPSA) is 39.7 Å². The molecule has 1 aliphatic rings. The predicted octanol–water partition coefficient (Wildman–Crippen LogP) is 2.59. The van der Waals surface area contributed by atoms with E-state index >= 15 is 0 Å². The molecule has 1 fully saturated rings. The van der Waals surface area contributed by atoms with Gasteiger partial charge in [0.15, 0.2) is 0 Å². The van der Waals surface area contributed by atoms with Crippen LogP contribution in [0.5, 0.6) is 5.75 Å². The molecular formula is C14H24NO3PS2. The van der Waals surface area contributed by atoms with E-state index in [0.29, 0.717) is 0 Å². The Labute approximate surface area is 137 Å². The molecule has 0 spiro atoms. The van der Waals surface area contributed by atoms with Crippen molar-refractivity contribution >= 4 is 34.8 Å². The molecule has 2 rings (SSSR count). The van der Waals surface area contributed by atoms with Gasteiger partial charge in [-0.15, -0.1) is 12.2 Å². The summed E-state index contributed by atoms with van der Waals surface area (Å²) >= 11 is 9.82. The second-order valence-electron chi connectivity index (χ2n) is 4.73. The highest BCUT2D eigenvalue weighted by atomic mass is 32.9. The van der Waals surface area contributed by atoms with Crippen LogP contribution < -0.4 is 15.4 Å². The van der Waals surface area contributed by atoms with Gasteiger partial charge in [-0.25, -0.2) is 0 Å². The highest BCUT2D eigenvalue weighted by molar-refractivity contribution is 8.64. The summed E-state index contributed by atoms with van der Waals surface area (Å²) < 4.78 is 15.7.